The predicted molar refractivity (Wildman–Crippen MR) is 132 cm³/mol. The number of aryl methyl sites for hydroxylation is 1. The fourth-order valence-corrected chi connectivity index (χ4v) is 3.56. The fraction of sp³-hybridized carbons (Fsp3) is 0.185. The van der Waals surface area contributed by atoms with Crippen molar-refractivity contribution >= 4 is 17.9 Å². The average Bonchev–Trinajstić information content (AvgIpc) is 3.32. The lowest BCUT2D eigenvalue weighted by Gasteiger charge is -2.16. The molecule has 7 nitrogen and oxygen atoms in total. The van der Waals surface area contributed by atoms with Gasteiger partial charge in [-0.2, -0.15) is 0 Å². The van der Waals surface area contributed by atoms with E-state index in [1.54, 1.807) is 36.4 Å². The Morgan fingerprint density at radius 1 is 0.971 bits per heavy atom. The third-order valence-electron chi connectivity index (χ3n) is 5.33. The number of carbonyl (C=O) groups is 1. The Hall–Kier alpha value is -4.26. The van der Waals surface area contributed by atoms with E-state index in [9.17, 15) is 14.4 Å². The molecule has 34 heavy (non-hydrogen) atoms. The Bertz CT molecular complexity index is 1650. The number of aromatic nitrogens is 4. The number of aromatic amines is 3. The zero-order chi connectivity index (χ0) is 25.3. The minimum atomic E-state index is -0.609. The van der Waals surface area contributed by atoms with Crippen molar-refractivity contribution in [3.05, 3.63) is 120 Å². The van der Waals surface area contributed by atoms with E-state index in [0.29, 0.717) is 28.1 Å². The van der Waals surface area contributed by atoms with Crippen molar-refractivity contribution in [2.45, 2.75) is 33.1 Å². The first-order chi connectivity index (χ1) is 16.5. The molecule has 0 bridgehead atoms. The summed E-state index contributed by atoms with van der Waals surface area (Å²) in [4.78, 5) is 50.7. The highest BCUT2D eigenvalue weighted by Crippen LogP contribution is 2.22. The lowest BCUT2D eigenvalue weighted by Crippen LogP contribution is -2.46. The van der Waals surface area contributed by atoms with Crippen LogP contribution in [0.3, 0.4) is 0 Å². The third kappa shape index (κ3) is 4.88. The molecular weight excluding hydrogens is 428 g/mol. The highest BCUT2D eigenvalue weighted by atomic mass is 16.1. The quantitative estimate of drug-likeness (QED) is 0.410. The van der Waals surface area contributed by atoms with Gasteiger partial charge in [-0.25, -0.2) is 4.98 Å². The minimum Gasteiger partial charge on any atom is -0.345 e. The van der Waals surface area contributed by atoms with Crippen molar-refractivity contribution in [3.8, 4) is 0 Å². The molecule has 0 amide bonds. The summed E-state index contributed by atoms with van der Waals surface area (Å²) in [5.41, 5.74) is 2.14. The number of ketones is 1. The van der Waals surface area contributed by atoms with Crippen LogP contribution >= 0.6 is 0 Å². The second-order valence-electron chi connectivity index (χ2n) is 9.16. The molecule has 0 saturated heterocycles. The van der Waals surface area contributed by atoms with Crippen molar-refractivity contribution in [3.63, 3.8) is 0 Å². The maximum atomic E-state index is 12.8. The molecule has 2 aromatic heterocycles. The van der Waals surface area contributed by atoms with Gasteiger partial charge in [-0.1, -0.05) is 68.8 Å². The Kier molecular flexibility index (Phi) is 5.67. The second-order valence-corrected chi connectivity index (χ2v) is 9.16. The number of nitrogens with zero attached hydrogens (tertiary/aromatic N) is 1. The molecule has 4 rings (SSSR count). The lowest BCUT2D eigenvalue weighted by atomic mass is 9.90. The number of carbonyl (C=O) groups excluding carboxylic acids is 1. The fourth-order valence-electron chi connectivity index (χ4n) is 3.56. The summed E-state index contributed by atoms with van der Waals surface area (Å²) in [6.07, 6.45) is 2.96. The van der Waals surface area contributed by atoms with Gasteiger partial charge in [0.25, 0.3) is 11.1 Å². The van der Waals surface area contributed by atoms with E-state index >= 15 is 0 Å². The van der Waals surface area contributed by atoms with Gasteiger partial charge in [-0.15, -0.1) is 0 Å². The molecule has 0 spiro atoms. The maximum Gasteiger partial charge on any atom is 0.272 e. The number of nitrogens with one attached hydrogen (secondary N) is 3. The molecule has 0 unspecified atom stereocenters. The molecule has 0 fully saturated rings. The van der Waals surface area contributed by atoms with Gasteiger partial charge in [0, 0.05) is 16.5 Å². The van der Waals surface area contributed by atoms with Gasteiger partial charge in [0.05, 0.1) is 19.1 Å². The monoisotopic (exact) mass is 455 g/mol. The molecule has 0 saturated carbocycles. The first-order valence-corrected chi connectivity index (χ1v) is 10.9. The van der Waals surface area contributed by atoms with Crippen LogP contribution < -0.4 is 21.8 Å². The Morgan fingerprint density at radius 3 is 2.35 bits per heavy atom. The van der Waals surface area contributed by atoms with Gasteiger partial charge in [-0.05, 0) is 30.7 Å². The molecule has 4 aromatic rings. The molecule has 2 aromatic carbocycles. The smallest absolute Gasteiger partial charge is 0.272 e. The SMILES string of the molecule is [2H]/C(c1[nH]cnc1C(C)(C)C)=c1/[nH]c(=O)/c(=C/c2cccc(C(=O)c3ccc(C)cc3)c2)[nH]c1=O. The number of hydrogen-bond donors (Lipinski definition) is 3. The molecule has 172 valence electrons. The van der Waals surface area contributed by atoms with Gasteiger partial charge in [0.2, 0.25) is 0 Å². The molecule has 0 atom stereocenters. The van der Waals surface area contributed by atoms with Crippen LogP contribution in [0.1, 0.15) is 60.6 Å². The number of benzene rings is 2. The maximum absolute atomic E-state index is 12.8. The summed E-state index contributed by atoms with van der Waals surface area (Å²) in [7, 11) is 0. The molecule has 0 aliphatic heterocycles. The zero-order valence-corrected chi connectivity index (χ0v) is 19.4. The molecule has 0 radical (unpaired) electrons. The van der Waals surface area contributed by atoms with Gasteiger partial charge in [-0.3, -0.25) is 14.4 Å². The summed E-state index contributed by atoms with van der Waals surface area (Å²) >= 11 is 0. The van der Waals surface area contributed by atoms with Crippen LogP contribution in [-0.2, 0) is 5.41 Å². The summed E-state index contributed by atoms with van der Waals surface area (Å²) in [6, 6.07) is 14.0. The van der Waals surface area contributed by atoms with E-state index in [1.807, 2.05) is 39.8 Å². The Balaban J connectivity index is 1.77. The highest BCUT2D eigenvalue weighted by Gasteiger charge is 2.19. The van der Waals surface area contributed by atoms with Crippen molar-refractivity contribution in [2.75, 3.05) is 0 Å². The number of imidazole rings is 1. The lowest BCUT2D eigenvalue weighted by molar-refractivity contribution is 0.103. The van der Waals surface area contributed by atoms with E-state index in [4.69, 9.17) is 1.37 Å². The Morgan fingerprint density at radius 2 is 1.65 bits per heavy atom. The largest absolute Gasteiger partial charge is 0.345 e. The van der Waals surface area contributed by atoms with Gasteiger partial charge < -0.3 is 15.0 Å². The number of H-pyrrole nitrogens is 3. The molecular formula is C27H26N4O3. The first-order valence-electron chi connectivity index (χ1n) is 11.4. The number of rotatable bonds is 4. The van der Waals surface area contributed by atoms with Crippen LogP contribution in [0, 0.1) is 6.92 Å². The van der Waals surface area contributed by atoms with E-state index in [0.717, 1.165) is 5.56 Å². The van der Waals surface area contributed by atoms with E-state index < -0.39 is 11.1 Å². The predicted octanol–water partition coefficient (Wildman–Crippen LogP) is 2.28. The molecule has 3 N–H and O–H groups in total. The van der Waals surface area contributed by atoms with Gasteiger partial charge in [0.15, 0.2) is 5.78 Å². The van der Waals surface area contributed by atoms with Gasteiger partial charge in [0.1, 0.15) is 10.7 Å². The van der Waals surface area contributed by atoms with Crippen molar-refractivity contribution < 1.29 is 6.17 Å². The van der Waals surface area contributed by atoms with Crippen molar-refractivity contribution in [1.29, 1.82) is 0 Å². The normalized spacial score (nSPS) is 13.5. The van der Waals surface area contributed by atoms with E-state index in [-0.39, 0.29) is 27.9 Å². The van der Waals surface area contributed by atoms with E-state index in [2.05, 4.69) is 19.9 Å². The summed E-state index contributed by atoms with van der Waals surface area (Å²) < 4.78 is 8.50. The van der Waals surface area contributed by atoms with Gasteiger partial charge >= 0.3 is 0 Å². The Labute approximate surface area is 197 Å². The van der Waals surface area contributed by atoms with Crippen LogP contribution in [0.4, 0.5) is 0 Å². The standard InChI is InChI=1S/C27H26N4O3/c1-16-8-10-18(11-9-16)23(32)19-7-5-6-17(12-19)13-21-25(33)31-22(26(34)30-21)14-20-24(27(2,3)4)29-15-28-20/h5-15H,1-4H3,(H,28,29)(H,30,34)(H,31,33)/b21-13-,22-14-/i14D. The topological polar surface area (TPSA) is 111 Å². The van der Waals surface area contributed by atoms with Crippen LogP contribution in [0.25, 0.3) is 12.1 Å². The molecule has 0 aliphatic carbocycles. The van der Waals surface area contributed by atoms with Crippen LogP contribution in [0.5, 0.6) is 0 Å². The molecule has 2 heterocycles. The third-order valence-corrected chi connectivity index (χ3v) is 5.33. The van der Waals surface area contributed by atoms with Crippen LogP contribution in [0.2, 0.25) is 0 Å². The average molecular weight is 456 g/mol. The van der Waals surface area contributed by atoms with Crippen molar-refractivity contribution in [2.24, 2.45) is 0 Å². The molecule has 7 heteroatoms. The van der Waals surface area contributed by atoms with Crippen LogP contribution in [0.15, 0.2) is 64.4 Å². The number of hydrogen-bond acceptors (Lipinski definition) is 4. The molecule has 0 aliphatic rings. The minimum absolute atomic E-state index is 0.0205. The van der Waals surface area contributed by atoms with Crippen molar-refractivity contribution in [1.82, 2.24) is 19.9 Å². The zero-order valence-electron chi connectivity index (χ0n) is 20.4. The summed E-state index contributed by atoms with van der Waals surface area (Å²) in [5, 5.41) is -0.141. The second kappa shape index (κ2) is 8.94. The summed E-state index contributed by atoms with van der Waals surface area (Å²) in [5.74, 6) is -0.138. The van der Waals surface area contributed by atoms with Crippen LogP contribution in [-0.4, -0.2) is 25.7 Å². The highest BCUT2D eigenvalue weighted by molar-refractivity contribution is 6.09. The first kappa shape index (κ1) is 21.6. The summed E-state index contributed by atoms with van der Waals surface area (Å²) in [6.45, 7) is 7.79. The van der Waals surface area contributed by atoms with E-state index in [1.165, 1.54) is 12.4 Å².